The molecule has 0 radical (unpaired) electrons. The van der Waals surface area contributed by atoms with E-state index < -0.39 is 5.60 Å². The zero-order valence-corrected chi connectivity index (χ0v) is 22.7. The number of amides is 1. The van der Waals surface area contributed by atoms with Gasteiger partial charge in [-0.25, -0.2) is 14.8 Å². The molecule has 2 aliphatic rings. The molecule has 1 aromatic carbocycles. The molecule has 0 spiro atoms. The van der Waals surface area contributed by atoms with Gasteiger partial charge in [0.1, 0.15) is 17.1 Å². The molecule has 198 valence electrons. The van der Waals surface area contributed by atoms with Crippen molar-refractivity contribution in [3.63, 3.8) is 0 Å². The molecule has 1 aliphatic heterocycles. The van der Waals surface area contributed by atoms with Crippen molar-refractivity contribution in [3.8, 4) is 0 Å². The minimum atomic E-state index is -0.508. The molecule has 1 saturated carbocycles. The highest BCUT2D eigenvalue weighted by Gasteiger charge is 2.27. The Bertz CT molecular complexity index is 1500. The third-order valence-corrected chi connectivity index (χ3v) is 7.79. The molecule has 0 unspecified atom stereocenters. The molecule has 8 nitrogen and oxygen atoms in total. The lowest BCUT2D eigenvalue weighted by Gasteiger charge is -2.31. The molecule has 4 aromatic rings. The monoisotopic (exact) mass is 512 g/mol. The summed E-state index contributed by atoms with van der Waals surface area (Å²) in [5, 5.41) is 5.63. The molecule has 0 bridgehead atoms. The van der Waals surface area contributed by atoms with E-state index in [1.165, 1.54) is 42.1 Å². The molecule has 0 saturated heterocycles. The molecule has 4 heterocycles. The summed E-state index contributed by atoms with van der Waals surface area (Å²) < 4.78 is 7.99. The Balaban J connectivity index is 1.26. The quantitative estimate of drug-likeness (QED) is 0.326. The zero-order valence-electron chi connectivity index (χ0n) is 22.7. The average molecular weight is 513 g/mol. The van der Waals surface area contributed by atoms with Gasteiger partial charge in [-0.05, 0) is 82.1 Å². The number of para-hydroxylation sites is 1. The fourth-order valence-electron chi connectivity index (χ4n) is 5.81. The fraction of sp³-hybridized carbons (Fsp3) is 0.467. The van der Waals surface area contributed by atoms with Gasteiger partial charge in [-0.15, -0.1) is 0 Å². The molecule has 1 aliphatic carbocycles. The van der Waals surface area contributed by atoms with Gasteiger partial charge in [0.25, 0.3) is 0 Å². The van der Waals surface area contributed by atoms with E-state index in [0.717, 1.165) is 28.9 Å². The number of pyridine rings is 1. The SMILES string of the molecule is CC(C)(C)OC(=O)N1CCc2cc(Nc3ncc4c5ccccc5n([C@H]5CC[C@H](C)CC5)c4n3)ncc2C1. The van der Waals surface area contributed by atoms with E-state index in [9.17, 15) is 4.79 Å². The van der Waals surface area contributed by atoms with Crippen molar-refractivity contribution in [1.29, 1.82) is 0 Å². The number of fused-ring (bicyclic) bond motifs is 4. The van der Waals surface area contributed by atoms with Crippen LogP contribution >= 0.6 is 0 Å². The Kier molecular flexibility index (Phi) is 6.20. The van der Waals surface area contributed by atoms with Crippen molar-refractivity contribution in [2.24, 2.45) is 5.92 Å². The number of rotatable bonds is 3. The van der Waals surface area contributed by atoms with E-state index in [2.05, 4.69) is 51.0 Å². The van der Waals surface area contributed by atoms with Crippen LogP contribution in [0.2, 0.25) is 0 Å². The third-order valence-electron chi connectivity index (χ3n) is 7.79. The van der Waals surface area contributed by atoms with Gasteiger partial charge in [0.2, 0.25) is 5.95 Å². The number of benzene rings is 1. The minimum absolute atomic E-state index is 0.283. The summed E-state index contributed by atoms with van der Waals surface area (Å²) in [4.78, 5) is 28.6. The zero-order chi connectivity index (χ0) is 26.4. The second kappa shape index (κ2) is 9.57. The number of nitrogens with zero attached hydrogens (tertiary/aromatic N) is 5. The van der Waals surface area contributed by atoms with Crippen molar-refractivity contribution >= 4 is 39.8 Å². The summed E-state index contributed by atoms with van der Waals surface area (Å²) in [6.07, 6.45) is 9.09. The van der Waals surface area contributed by atoms with Crippen molar-refractivity contribution in [2.45, 2.75) is 78.0 Å². The number of hydrogen-bond donors (Lipinski definition) is 1. The van der Waals surface area contributed by atoms with Gasteiger partial charge in [-0.2, -0.15) is 4.98 Å². The van der Waals surface area contributed by atoms with Gasteiger partial charge in [0, 0.05) is 35.8 Å². The van der Waals surface area contributed by atoms with Crippen LogP contribution < -0.4 is 5.32 Å². The number of carbonyl (C=O) groups is 1. The predicted molar refractivity (Wildman–Crippen MR) is 150 cm³/mol. The Labute approximate surface area is 223 Å². The maximum Gasteiger partial charge on any atom is 0.410 e. The number of hydrogen-bond acceptors (Lipinski definition) is 6. The van der Waals surface area contributed by atoms with Crippen molar-refractivity contribution in [1.82, 2.24) is 24.4 Å². The first-order valence-electron chi connectivity index (χ1n) is 13.7. The van der Waals surface area contributed by atoms with E-state index in [1.54, 1.807) is 4.90 Å². The summed E-state index contributed by atoms with van der Waals surface area (Å²) >= 11 is 0. The molecule has 0 atom stereocenters. The molecule has 38 heavy (non-hydrogen) atoms. The summed E-state index contributed by atoms with van der Waals surface area (Å²) in [5.41, 5.74) is 3.92. The maximum absolute atomic E-state index is 12.5. The Morgan fingerprint density at radius 1 is 1.03 bits per heavy atom. The van der Waals surface area contributed by atoms with E-state index in [0.29, 0.717) is 30.9 Å². The van der Waals surface area contributed by atoms with Crippen LogP contribution in [-0.2, 0) is 17.7 Å². The number of anilines is 2. The summed E-state index contributed by atoms with van der Waals surface area (Å²) in [5.74, 6) is 2.05. The molecule has 3 aromatic heterocycles. The van der Waals surface area contributed by atoms with Gasteiger partial charge in [-0.3, -0.25) is 0 Å². The van der Waals surface area contributed by atoms with E-state index >= 15 is 0 Å². The van der Waals surface area contributed by atoms with Gasteiger partial charge >= 0.3 is 6.09 Å². The van der Waals surface area contributed by atoms with Gasteiger partial charge in [0.15, 0.2) is 0 Å². The molecule has 1 N–H and O–H groups in total. The van der Waals surface area contributed by atoms with Crippen LogP contribution in [0, 0.1) is 5.92 Å². The highest BCUT2D eigenvalue weighted by molar-refractivity contribution is 6.06. The standard InChI is InChI=1S/C30H36N6O2/c1-19-9-11-22(12-10-19)36-25-8-6-5-7-23(25)24-17-32-28(34-27(24)36)33-26-15-20-13-14-35(18-21(20)16-31-26)29(37)38-30(2,3)4/h5-8,15-17,19,22H,9-14,18H2,1-4H3,(H,31,32,33,34)/t19-,22-. The van der Waals surface area contributed by atoms with Crippen LogP contribution in [0.3, 0.4) is 0 Å². The topological polar surface area (TPSA) is 85.2 Å². The van der Waals surface area contributed by atoms with Crippen LogP contribution in [0.15, 0.2) is 42.7 Å². The van der Waals surface area contributed by atoms with Crippen LogP contribution in [0.1, 0.15) is 70.5 Å². The molecular weight excluding hydrogens is 476 g/mol. The van der Waals surface area contributed by atoms with E-state index in [1.807, 2.05) is 39.2 Å². The van der Waals surface area contributed by atoms with Crippen molar-refractivity contribution < 1.29 is 9.53 Å². The summed E-state index contributed by atoms with van der Waals surface area (Å²) in [6.45, 7) is 9.13. The predicted octanol–water partition coefficient (Wildman–Crippen LogP) is 6.77. The molecule has 1 amide bonds. The number of nitrogens with one attached hydrogen (secondary N) is 1. The first kappa shape index (κ1) is 24.6. The maximum atomic E-state index is 12.5. The summed E-state index contributed by atoms with van der Waals surface area (Å²) in [6, 6.07) is 11.1. The molecule has 6 rings (SSSR count). The third kappa shape index (κ3) is 4.79. The van der Waals surface area contributed by atoms with Crippen molar-refractivity contribution in [3.05, 3.63) is 53.9 Å². The van der Waals surface area contributed by atoms with Gasteiger partial charge in [-0.1, -0.05) is 25.1 Å². The average Bonchev–Trinajstić information content (AvgIpc) is 3.21. The highest BCUT2D eigenvalue weighted by atomic mass is 16.6. The van der Waals surface area contributed by atoms with Gasteiger partial charge in [0.05, 0.1) is 12.1 Å². The summed E-state index contributed by atoms with van der Waals surface area (Å²) in [7, 11) is 0. The molecular formula is C30H36N6O2. The fourth-order valence-corrected chi connectivity index (χ4v) is 5.81. The normalized spacial score (nSPS) is 19.9. The molecule has 8 heteroatoms. The Morgan fingerprint density at radius 3 is 2.61 bits per heavy atom. The van der Waals surface area contributed by atoms with Crippen LogP contribution in [0.4, 0.5) is 16.6 Å². The molecule has 1 fully saturated rings. The lowest BCUT2D eigenvalue weighted by Crippen LogP contribution is -2.39. The largest absolute Gasteiger partial charge is 0.444 e. The van der Waals surface area contributed by atoms with Crippen molar-refractivity contribution in [2.75, 3.05) is 11.9 Å². The van der Waals surface area contributed by atoms with Crippen LogP contribution in [0.25, 0.3) is 21.9 Å². The minimum Gasteiger partial charge on any atom is -0.444 e. The smallest absolute Gasteiger partial charge is 0.410 e. The Hall–Kier alpha value is -3.68. The highest BCUT2D eigenvalue weighted by Crippen LogP contribution is 2.38. The van der Waals surface area contributed by atoms with Gasteiger partial charge < -0.3 is 19.5 Å². The second-order valence-electron chi connectivity index (χ2n) is 11.8. The number of aromatic nitrogens is 4. The lowest BCUT2D eigenvalue weighted by molar-refractivity contribution is 0.0224. The Morgan fingerprint density at radius 2 is 1.82 bits per heavy atom. The first-order chi connectivity index (χ1) is 18.2. The van der Waals surface area contributed by atoms with E-state index in [4.69, 9.17) is 9.72 Å². The second-order valence-corrected chi connectivity index (χ2v) is 11.8. The lowest BCUT2D eigenvalue weighted by atomic mass is 9.87. The van der Waals surface area contributed by atoms with E-state index in [-0.39, 0.29) is 6.09 Å². The van der Waals surface area contributed by atoms with Crippen LogP contribution in [-0.4, -0.2) is 42.7 Å². The van der Waals surface area contributed by atoms with Crippen LogP contribution in [0.5, 0.6) is 0 Å². The number of carbonyl (C=O) groups excluding carboxylic acids is 1. The first-order valence-corrected chi connectivity index (χ1v) is 13.7. The number of ether oxygens (including phenoxy) is 1.